The zero-order chi connectivity index (χ0) is 9.61. The normalized spacial score (nSPS) is 13.9. The molecule has 12 heavy (non-hydrogen) atoms. The molecule has 0 rings (SSSR count). The van der Waals surface area contributed by atoms with Gasteiger partial charge in [0.05, 0.1) is 6.07 Å². The molecule has 0 aromatic rings. The Morgan fingerprint density at radius 1 is 1.33 bits per heavy atom. The third-order valence-corrected chi connectivity index (χ3v) is 2.56. The maximum absolute atomic E-state index is 9.01. The monoisotopic (exact) mass is 168 g/mol. The van der Waals surface area contributed by atoms with E-state index < -0.39 is 0 Å². The van der Waals surface area contributed by atoms with E-state index in [9.17, 15) is 0 Å². The van der Waals surface area contributed by atoms with Gasteiger partial charge >= 0.3 is 0 Å². The van der Waals surface area contributed by atoms with Crippen molar-refractivity contribution in [2.75, 3.05) is 0 Å². The molecule has 70 valence electrons. The first-order valence-corrected chi connectivity index (χ1v) is 4.83. The Bertz CT molecular complexity index is 154. The molecule has 0 aromatic heterocycles. The second kappa shape index (κ2) is 5.16. The maximum Gasteiger partial charge on any atom is 0.106 e. The second-order valence-corrected chi connectivity index (χ2v) is 3.35. The lowest BCUT2D eigenvalue weighted by atomic mass is 9.93. The highest BCUT2D eigenvalue weighted by molar-refractivity contribution is 5.06. The Kier molecular flexibility index (Phi) is 4.92. The average Bonchev–Trinajstić information content (AvgIpc) is 2.14. The van der Waals surface area contributed by atoms with Crippen LogP contribution in [0.5, 0.6) is 0 Å². The van der Waals surface area contributed by atoms with E-state index in [1.165, 1.54) is 0 Å². The van der Waals surface area contributed by atoms with Gasteiger partial charge in [0.25, 0.3) is 0 Å². The van der Waals surface area contributed by atoms with Gasteiger partial charge in [-0.15, -0.1) is 0 Å². The van der Waals surface area contributed by atoms with Gasteiger partial charge in [0.2, 0.25) is 0 Å². The summed E-state index contributed by atoms with van der Waals surface area (Å²) in [6.45, 7) is 8.37. The molecule has 0 aliphatic carbocycles. The average molecular weight is 168 g/mol. The van der Waals surface area contributed by atoms with Crippen LogP contribution in [0, 0.1) is 11.3 Å². The molecule has 0 aromatic carbocycles. The number of hydrogen-bond acceptors (Lipinski definition) is 2. The van der Waals surface area contributed by atoms with Crippen molar-refractivity contribution in [2.45, 2.75) is 58.5 Å². The quantitative estimate of drug-likeness (QED) is 0.684. The minimum absolute atomic E-state index is 0.296. The van der Waals surface area contributed by atoms with Gasteiger partial charge in [0.1, 0.15) is 5.54 Å². The minimum Gasteiger partial charge on any atom is -0.297 e. The van der Waals surface area contributed by atoms with Crippen LogP contribution in [0.2, 0.25) is 0 Å². The molecule has 2 heteroatoms. The van der Waals surface area contributed by atoms with Gasteiger partial charge in [-0.3, -0.25) is 5.32 Å². The van der Waals surface area contributed by atoms with Crippen LogP contribution in [0.1, 0.15) is 47.0 Å². The molecule has 0 saturated heterocycles. The number of rotatable bonds is 5. The lowest BCUT2D eigenvalue weighted by Crippen LogP contribution is -2.47. The van der Waals surface area contributed by atoms with Gasteiger partial charge in [-0.1, -0.05) is 20.8 Å². The van der Waals surface area contributed by atoms with Crippen LogP contribution < -0.4 is 5.32 Å². The van der Waals surface area contributed by atoms with Crippen molar-refractivity contribution in [3.63, 3.8) is 0 Å². The van der Waals surface area contributed by atoms with Crippen LogP contribution in [0.4, 0.5) is 0 Å². The van der Waals surface area contributed by atoms with E-state index in [-0.39, 0.29) is 5.54 Å². The fourth-order valence-electron chi connectivity index (χ4n) is 1.22. The molecular formula is C10H20N2. The molecule has 0 radical (unpaired) electrons. The van der Waals surface area contributed by atoms with Gasteiger partial charge in [0, 0.05) is 6.04 Å². The first-order chi connectivity index (χ1) is 5.64. The molecule has 0 spiro atoms. The van der Waals surface area contributed by atoms with Crippen molar-refractivity contribution in [3.8, 4) is 6.07 Å². The van der Waals surface area contributed by atoms with Gasteiger partial charge in [-0.05, 0) is 26.2 Å². The van der Waals surface area contributed by atoms with Crippen molar-refractivity contribution in [1.82, 2.24) is 5.32 Å². The fraction of sp³-hybridized carbons (Fsp3) is 0.900. The predicted octanol–water partition coefficient (Wildman–Crippen LogP) is 2.46. The van der Waals surface area contributed by atoms with Gasteiger partial charge in [-0.2, -0.15) is 5.26 Å². The summed E-state index contributed by atoms with van der Waals surface area (Å²) in [6, 6.07) is 2.80. The molecule has 1 atom stereocenters. The number of nitriles is 1. The Labute approximate surface area is 76.0 Å². The van der Waals surface area contributed by atoms with Crippen molar-refractivity contribution >= 4 is 0 Å². The highest BCUT2D eigenvalue weighted by Gasteiger charge is 2.26. The van der Waals surface area contributed by atoms with Crippen LogP contribution in [-0.4, -0.2) is 11.6 Å². The lowest BCUT2D eigenvalue weighted by Gasteiger charge is -2.28. The summed E-state index contributed by atoms with van der Waals surface area (Å²) in [5.74, 6) is 0. The van der Waals surface area contributed by atoms with Crippen LogP contribution in [0.15, 0.2) is 0 Å². The van der Waals surface area contributed by atoms with E-state index in [0.717, 1.165) is 19.3 Å². The largest absolute Gasteiger partial charge is 0.297 e. The zero-order valence-electron chi connectivity index (χ0n) is 8.65. The summed E-state index contributed by atoms with van der Waals surface area (Å²) in [7, 11) is 0. The summed E-state index contributed by atoms with van der Waals surface area (Å²) in [4.78, 5) is 0. The molecule has 2 nitrogen and oxygen atoms in total. The zero-order valence-corrected chi connectivity index (χ0v) is 8.65. The van der Waals surface area contributed by atoms with Crippen LogP contribution in [-0.2, 0) is 0 Å². The van der Waals surface area contributed by atoms with E-state index in [2.05, 4.69) is 39.1 Å². The predicted molar refractivity (Wildman–Crippen MR) is 51.8 cm³/mol. The Morgan fingerprint density at radius 3 is 2.08 bits per heavy atom. The second-order valence-electron chi connectivity index (χ2n) is 3.35. The van der Waals surface area contributed by atoms with E-state index >= 15 is 0 Å². The third-order valence-electron chi connectivity index (χ3n) is 2.56. The summed E-state index contributed by atoms with van der Waals surface area (Å²) >= 11 is 0. The molecule has 0 amide bonds. The highest BCUT2D eigenvalue weighted by atomic mass is 15.0. The summed E-state index contributed by atoms with van der Waals surface area (Å²) < 4.78 is 0. The number of nitrogens with zero attached hydrogens (tertiary/aromatic N) is 1. The van der Waals surface area contributed by atoms with Crippen molar-refractivity contribution in [3.05, 3.63) is 0 Å². The van der Waals surface area contributed by atoms with Gasteiger partial charge in [0.15, 0.2) is 0 Å². The molecule has 1 unspecified atom stereocenters. The first-order valence-electron chi connectivity index (χ1n) is 4.83. The van der Waals surface area contributed by atoms with Crippen molar-refractivity contribution < 1.29 is 0 Å². The van der Waals surface area contributed by atoms with Crippen molar-refractivity contribution in [2.24, 2.45) is 0 Å². The van der Waals surface area contributed by atoms with E-state index in [4.69, 9.17) is 5.26 Å². The maximum atomic E-state index is 9.01. The van der Waals surface area contributed by atoms with E-state index in [0.29, 0.717) is 6.04 Å². The third kappa shape index (κ3) is 2.83. The molecule has 0 heterocycles. The van der Waals surface area contributed by atoms with E-state index in [1.807, 2.05) is 0 Å². The Morgan fingerprint density at radius 2 is 1.83 bits per heavy atom. The summed E-state index contributed by atoms with van der Waals surface area (Å²) in [5, 5.41) is 12.4. The summed E-state index contributed by atoms with van der Waals surface area (Å²) in [5.41, 5.74) is -0.296. The molecule has 0 fully saturated rings. The lowest BCUT2D eigenvalue weighted by molar-refractivity contribution is 0.339. The van der Waals surface area contributed by atoms with Crippen LogP contribution >= 0.6 is 0 Å². The fourth-order valence-corrected chi connectivity index (χ4v) is 1.22. The Hall–Kier alpha value is -0.550. The number of nitrogens with one attached hydrogen (secondary N) is 1. The van der Waals surface area contributed by atoms with Crippen molar-refractivity contribution in [1.29, 1.82) is 5.26 Å². The standard InChI is InChI=1S/C10H20N2/c1-5-9(4)12-10(6-2,7-3)8-11/h9,12H,5-7H2,1-4H3. The Balaban J connectivity index is 4.22. The molecular weight excluding hydrogens is 148 g/mol. The molecule has 0 aliphatic rings. The smallest absolute Gasteiger partial charge is 0.106 e. The SMILES string of the molecule is CCC(C)NC(C#N)(CC)CC. The van der Waals surface area contributed by atoms with Crippen LogP contribution in [0.3, 0.4) is 0 Å². The molecule has 0 aliphatic heterocycles. The van der Waals surface area contributed by atoms with E-state index in [1.54, 1.807) is 0 Å². The first kappa shape index (κ1) is 11.4. The molecule has 0 saturated carbocycles. The summed E-state index contributed by atoms with van der Waals surface area (Å²) in [6.07, 6.45) is 2.83. The molecule has 1 N–H and O–H groups in total. The highest BCUT2D eigenvalue weighted by Crippen LogP contribution is 2.15. The van der Waals surface area contributed by atoms with Gasteiger partial charge < -0.3 is 0 Å². The molecule has 0 bridgehead atoms. The topological polar surface area (TPSA) is 35.8 Å². The number of hydrogen-bond donors (Lipinski definition) is 1. The van der Waals surface area contributed by atoms with Crippen LogP contribution in [0.25, 0.3) is 0 Å². The minimum atomic E-state index is -0.296. The van der Waals surface area contributed by atoms with Gasteiger partial charge in [-0.25, -0.2) is 0 Å².